The lowest BCUT2D eigenvalue weighted by Gasteiger charge is -2.59. The third-order valence-corrected chi connectivity index (χ3v) is 7.62. The number of hydrogen-bond acceptors (Lipinski definition) is 4. The summed E-state index contributed by atoms with van der Waals surface area (Å²) in [7, 11) is 1.38. The quantitative estimate of drug-likeness (QED) is 0.588. The number of Topliss-reactive ketones (excluding diaryl/α,β-unsaturated/α-hetero) is 1. The first-order valence-electron chi connectivity index (χ1n) is 9.60. The molecule has 0 aromatic rings. The van der Waals surface area contributed by atoms with Gasteiger partial charge in [-0.25, -0.2) is 0 Å². The first kappa shape index (κ1) is 18.9. The standard InChI is InChI=1S/C22H30O4/c1-13-7-6-8-18-21(13,3)10-9-14(2)22(18,4)12-15-19(24)16(23)11-17(26-5)20(15)25/h11,14,18,24H,1,6-10,12H2,2-5H3/t14-,18+,21-,22+/m1/s1. The van der Waals surface area contributed by atoms with Crippen LogP contribution in [0.5, 0.6) is 0 Å². The molecule has 0 unspecified atom stereocenters. The molecule has 2 fully saturated rings. The van der Waals surface area contributed by atoms with Crippen LogP contribution < -0.4 is 0 Å². The Bertz CT molecular complexity index is 728. The summed E-state index contributed by atoms with van der Waals surface area (Å²) >= 11 is 0. The number of ether oxygens (including phenoxy) is 1. The fraction of sp³-hybridized carbons (Fsp3) is 0.636. The van der Waals surface area contributed by atoms with Gasteiger partial charge in [0.25, 0.3) is 0 Å². The smallest absolute Gasteiger partial charge is 0.227 e. The third-order valence-electron chi connectivity index (χ3n) is 7.62. The zero-order valence-corrected chi connectivity index (χ0v) is 16.4. The van der Waals surface area contributed by atoms with E-state index in [0.717, 1.165) is 38.2 Å². The van der Waals surface area contributed by atoms with E-state index >= 15 is 0 Å². The van der Waals surface area contributed by atoms with E-state index in [2.05, 4.69) is 27.4 Å². The van der Waals surface area contributed by atoms with Gasteiger partial charge in [-0.05, 0) is 61.2 Å². The molecule has 2 saturated carbocycles. The van der Waals surface area contributed by atoms with Gasteiger partial charge in [-0.1, -0.05) is 32.9 Å². The lowest BCUT2D eigenvalue weighted by Crippen LogP contribution is -2.50. The molecule has 4 nitrogen and oxygen atoms in total. The van der Waals surface area contributed by atoms with E-state index in [0.29, 0.717) is 18.3 Å². The number of aliphatic hydroxyl groups is 1. The normalized spacial score (nSPS) is 38.2. The number of rotatable bonds is 3. The molecule has 0 aromatic heterocycles. The maximum absolute atomic E-state index is 12.8. The van der Waals surface area contributed by atoms with Gasteiger partial charge in [-0.15, -0.1) is 0 Å². The zero-order valence-electron chi connectivity index (χ0n) is 16.4. The molecule has 0 bridgehead atoms. The van der Waals surface area contributed by atoms with Crippen molar-refractivity contribution in [3.8, 4) is 0 Å². The van der Waals surface area contributed by atoms with Crippen molar-refractivity contribution < 1.29 is 19.4 Å². The van der Waals surface area contributed by atoms with Crippen molar-refractivity contribution in [2.45, 2.75) is 59.3 Å². The Balaban J connectivity index is 2.01. The Morgan fingerprint density at radius 3 is 2.65 bits per heavy atom. The maximum atomic E-state index is 12.8. The van der Waals surface area contributed by atoms with Crippen LogP contribution in [0.3, 0.4) is 0 Å². The molecule has 0 saturated heterocycles. The van der Waals surface area contributed by atoms with Crippen LogP contribution in [0.4, 0.5) is 0 Å². The molecule has 0 heterocycles. The van der Waals surface area contributed by atoms with Gasteiger partial charge in [0.1, 0.15) is 0 Å². The van der Waals surface area contributed by atoms with Crippen molar-refractivity contribution in [2.75, 3.05) is 7.11 Å². The summed E-state index contributed by atoms with van der Waals surface area (Å²) in [5.74, 6) is -0.511. The van der Waals surface area contributed by atoms with Gasteiger partial charge >= 0.3 is 0 Å². The largest absolute Gasteiger partial charge is 0.504 e. The van der Waals surface area contributed by atoms with Crippen LogP contribution in [-0.2, 0) is 14.3 Å². The minimum Gasteiger partial charge on any atom is -0.504 e. The number of fused-ring (bicyclic) bond motifs is 1. The molecule has 26 heavy (non-hydrogen) atoms. The highest BCUT2D eigenvalue weighted by Gasteiger charge is 2.54. The summed E-state index contributed by atoms with van der Waals surface area (Å²) in [6.45, 7) is 11.1. The molecule has 0 spiro atoms. The maximum Gasteiger partial charge on any atom is 0.227 e. The number of methoxy groups -OCH3 is 1. The summed E-state index contributed by atoms with van der Waals surface area (Å²) in [5, 5.41) is 10.4. The fourth-order valence-electron chi connectivity index (χ4n) is 5.62. The summed E-state index contributed by atoms with van der Waals surface area (Å²) in [5.41, 5.74) is 1.42. The number of carbonyl (C=O) groups excluding carboxylic acids is 2. The minimum atomic E-state index is -0.542. The van der Waals surface area contributed by atoms with Crippen LogP contribution in [0.25, 0.3) is 0 Å². The van der Waals surface area contributed by atoms with Crippen LogP contribution >= 0.6 is 0 Å². The second kappa shape index (κ2) is 6.40. The Hall–Kier alpha value is -1.84. The minimum absolute atomic E-state index is 0.0191. The van der Waals surface area contributed by atoms with Crippen LogP contribution in [0.1, 0.15) is 59.3 Å². The number of allylic oxidation sites excluding steroid dienone is 3. The van der Waals surface area contributed by atoms with Gasteiger partial charge in [0, 0.05) is 11.6 Å². The van der Waals surface area contributed by atoms with Crippen LogP contribution in [-0.4, -0.2) is 23.8 Å². The molecule has 0 aromatic carbocycles. The van der Waals surface area contributed by atoms with Crippen molar-refractivity contribution >= 4 is 11.6 Å². The predicted octanol–water partition coefficient (Wildman–Crippen LogP) is 4.67. The first-order chi connectivity index (χ1) is 12.1. The SMILES string of the molecule is C=C1CCC[C@@H]2[C@@](C)(CC3=C(O)C(=O)C=C(OC)C3=O)[C@H](C)CC[C@]12C. The molecule has 0 aliphatic heterocycles. The fourth-order valence-corrected chi connectivity index (χ4v) is 5.62. The highest BCUT2D eigenvalue weighted by atomic mass is 16.5. The Morgan fingerprint density at radius 1 is 1.31 bits per heavy atom. The van der Waals surface area contributed by atoms with Crippen molar-refractivity contribution in [3.63, 3.8) is 0 Å². The molecular formula is C22H30O4. The van der Waals surface area contributed by atoms with Gasteiger partial charge in [-0.3, -0.25) is 9.59 Å². The van der Waals surface area contributed by atoms with Crippen LogP contribution in [0, 0.1) is 22.7 Å². The number of carbonyl (C=O) groups is 2. The molecule has 4 heteroatoms. The van der Waals surface area contributed by atoms with Crippen LogP contribution in [0.2, 0.25) is 0 Å². The monoisotopic (exact) mass is 358 g/mol. The molecule has 3 aliphatic carbocycles. The van der Waals surface area contributed by atoms with E-state index in [1.54, 1.807) is 0 Å². The van der Waals surface area contributed by atoms with Gasteiger partial charge in [0.05, 0.1) is 7.11 Å². The lowest BCUT2D eigenvalue weighted by atomic mass is 9.46. The van der Waals surface area contributed by atoms with Crippen LogP contribution in [0.15, 0.2) is 35.3 Å². The summed E-state index contributed by atoms with van der Waals surface area (Å²) in [6, 6.07) is 0. The lowest BCUT2D eigenvalue weighted by molar-refractivity contribution is -0.120. The van der Waals surface area contributed by atoms with E-state index in [9.17, 15) is 14.7 Å². The third kappa shape index (κ3) is 2.65. The Morgan fingerprint density at radius 2 is 2.00 bits per heavy atom. The average Bonchev–Trinajstić information content (AvgIpc) is 2.61. The zero-order chi connectivity index (χ0) is 19.3. The summed E-state index contributed by atoms with van der Waals surface area (Å²) in [4.78, 5) is 24.9. The van der Waals surface area contributed by atoms with Gasteiger partial charge in [0.15, 0.2) is 11.5 Å². The van der Waals surface area contributed by atoms with E-state index in [1.165, 1.54) is 12.7 Å². The molecule has 3 rings (SSSR count). The molecule has 3 aliphatic rings. The highest BCUT2D eigenvalue weighted by molar-refractivity contribution is 6.20. The van der Waals surface area contributed by atoms with Crippen molar-refractivity contribution in [1.29, 1.82) is 0 Å². The number of ketones is 2. The summed E-state index contributed by atoms with van der Waals surface area (Å²) < 4.78 is 5.08. The molecule has 0 radical (unpaired) electrons. The molecule has 0 amide bonds. The van der Waals surface area contributed by atoms with E-state index in [-0.39, 0.29) is 27.9 Å². The second-order valence-electron chi connectivity index (χ2n) is 8.82. The molecule has 1 N–H and O–H groups in total. The van der Waals surface area contributed by atoms with Crippen molar-refractivity contribution in [3.05, 3.63) is 35.3 Å². The second-order valence-corrected chi connectivity index (χ2v) is 8.82. The number of aliphatic hydroxyl groups excluding tert-OH is 1. The number of hydrogen-bond donors (Lipinski definition) is 1. The van der Waals surface area contributed by atoms with Gasteiger partial charge in [0.2, 0.25) is 11.6 Å². The van der Waals surface area contributed by atoms with E-state index < -0.39 is 11.5 Å². The Kier molecular flexibility index (Phi) is 4.66. The van der Waals surface area contributed by atoms with Gasteiger partial charge < -0.3 is 9.84 Å². The molecular weight excluding hydrogens is 328 g/mol. The van der Waals surface area contributed by atoms with E-state index in [4.69, 9.17) is 4.74 Å². The van der Waals surface area contributed by atoms with Crippen molar-refractivity contribution in [2.24, 2.45) is 22.7 Å². The van der Waals surface area contributed by atoms with Crippen molar-refractivity contribution in [1.82, 2.24) is 0 Å². The van der Waals surface area contributed by atoms with E-state index in [1.807, 2.05) is 0 Å². The highest BCUT2D eigenvalue weighted by Crippen LogP contribution is 2.63. The summed E-state index contributed by atoms with van der Waals surface area (Å²) in [6.07, 6.45) is 6.95. The predicted molar refractivity (Wildman–Crippen MR) is 100 cm³/mol. The van der Waals surface area contributed by atoms with Gasteiger partial charge in [-0.2, -0.15) is 0 Å². The first-order valence-corrected chi connectivity index (χ1v) is 9.60. The molecule has 4 atom stereocenters. The molecule has 142 valence electrons. The average molecular weight is 358 g/mol. The Labute approximate surface area is 156 Å². The topological polar surface area (TPSA) is 63.6 Å².